The molecule has 0 aliphatic carbocycles. The lowest BCUT2D eigenvalue weighted by Crippen LogP contribution is -2.55. The highest BCUT2D eigenvalue weighted by Crippen LogP contribution is 2.40. The Balaban J connectivity index is 1.39. The molecule has 2 aromatic rings. The number of anilines is 2. The van der Waals surface area contributed by atoms with Crippen molar-refractivity contribution in [1.82, 2.24) is 5.32 Å². The number of amides is 1. The lowest BCUT2D eigenvalue weighted by atomic mass is 9.95. The third kappa shape index (κ3) is 5.58. The summed E-state index contributed by atoms with van der Waals surface area (Å²) in [4.78, 5) is 15.4. The predicted molar refractivity (Wildman–Crippen MR) is 131 cm³/mol. The van der Waals surface area contributed by atoms with Gasteiger partial charge in [-0.1, -0.05) is 11.6 Å². The standard InChI is InChI=1S/C24H29ClFN3O4S/c1-24(2,33-22-11-4-15(26)12-21(22)25)23(30)27-17-13-19-9-10-20(14-17)29(19)18-7-5-16(6-8-18)28-34(3,31)32/h4-8,11-12,17,19-20,28H,9-10,13-14H2,1-3H3,(H,27,30)/t17?,19-,20+. The van der Waals surface area contributed by atoms with E-state index >= 15 is 0 Å². The predicted octanol–water partition coefficient (Wildman–Crippen LogP) is 4.32. The van der Waals surface area contributed by atoms with Crippen LogP contribution in [0.3, 0.4) is 0 Å². The largest absolute Gasteiger partial charge is 0.476 e. The number of carbonyl (C=O) groups excluding carboxylic acids is 1. The van der Waals surface area contributed by atoms with Crippen molar-refractivity contribution in [3.05, 3.63) is 53.3 Å². The van der Waals surface area contributed by atoms with E-state index in [9.17, 15) is 17.6 Å². The molecule has 0 aromatic heterocycles. The smallest absolute Gasteiger partial charge is 0.263 e. The van der Waals surface area contributed by atoms with Crippen LogP contribution in [0.5, 0.6) is 5.75 Å². The normalized spacial score (nSPS) is 22.4. The third-order valence-corrected chi connectivity index (χ3v) is 7.24. The lowest BCUT2D eigenvalue weighted by Gasteiger charge is -2.41. The second-order valence-corrected chi connectivity index (χ2v) is 11.7. The average molecular weight is 510 g/mol. The summed E-state index contributed by atoms with van der Waals surface area (Å²) in [5, 5.41) is 3.25. The Bertz CT molecular complexity index is 1160. The van der Waals surface area contributed by atoms with Gasteiger partial charge in [0, 0.05) is 29.5 Å². The fourth-order valence-corrected chi connectivity index (χ4v) is 5.64. The van der Waals surface area contributed by atoms with Crippen molar-refractivity contribution in [2.75, 3.05) is 15.9 Å². The van der Waals surface area contributed by atoms with Crippen LogP contribution in [0.4, 0.5) is 15.8 Å². The minimum absolute atomic E-state index is 0.0130. The molecule has 2 N–H and O–H groups in total. The van der Waals surface area contributed by atoms with Gasteiger partial charge in [-0.05, 0) is 82.0 Å². The van der Waals surface area contributed by atoms with Gasteiger partial charge in [-0.15, -0.1) is 0 Å². The van der Waals surface area contributed by atoms with Gasteiger partial charge < -0.3 is 15.0 Å². The zero-order valence-electron chi connectivity index (χ0n) is 19.3. The number of nitrogens with zero attached hydrogens (tertiary/aromatic N) is 1. The monoisotopic (exact) mass is 509 g/mol. The summed E-state index contributed by atoms with van der Waals surface area (Å²) in [5.41, 5.74) is 0.398. The van der Waals surface area contributed by atoms with Gasteiger partial charge >= 0.3 is 0 Å². The Morgan fingerprint density at radius 1 is 1.12 bits per heavy atom. The number of nitrogens with one attached hydrogen (secondary N) is 2. The number of fused-ring (bicyclic) bond motifs is 2. The van der Waals surface area contributed by atoms with Crippen molar-refractivity contribution in [3.63, 3.8) is 0 Å². The van der Waals surface area contributed by atoms with Crippen molar-refractivity contribution >= 4 is 38.9 Å². The second kappa shape index (κ2) is 9.26. The Hall–Kier alpha value is -2.52. The molecule has 7 nitrogen and oxygen atoms in total. The highest BCUT2D eigenvalue weighted by Gasteiger charge is 2.42. The van der Waals surface area contributed by atoms with E-state index in [2.05, 4.69) is 14.9 Å². The van der Waals surface area contributed by atoms with Gasteiger partial charge in [-0.2, -0.15) is 0 Å². The van der Waals surface area contributed by atoms with Gasteiger partial charge in [0.05, 0.1) is 11.3 Å². The molecule has 2 aliphatic rings. The maximum Gasteiger partial charge on any atom is 0.263 e. The molecule has 0 radical (unpaired) electrons. The van der Waals surface area contributed by atoms with Crippen LogP contribution < -0.4 is 19.7 Å². The molecule has 0 saturated carbocycles. The highest BCUT2D eigenvalue weighted by molar-refractivity contribution is 7.92. The number of rotatable bonds is 7. The molecule has 184 valence electrons. The Kier molecular flexibility index (Phi) is 6.70. The number of carbonyl (C=O) groups is 1. The molecule has 0 spiro atoms. The first-order chi connectivity index (χ1) is 15.9. The molecule has 4 rings (SSSR count). The van der Waals surface area contributed by atoms with Crippen LogP contribution in [0.25, 0.3) is 0 Å². The van der Waals surface area contributed by atoms with E-state index in [4.69, 9.17) is 16.3 Å². The Labute approximate surface area is 204 Å². The van der Waals surface area contributed by atoms with Crippen molar-refractivity contribution in [2.45, 2.75) is 63.3 Å². The zero-order chi connectivity index (χ0) is 24.7. The zero-order valence-corrected chi connectivity index (χ0v) is 20.9. The van der Waals surface area contributed by atoms with Crippen LogP contribution in [0.1, 0.15) is 39.5 Å². The van der Waals surface area contributed by atoms with Crippen LogP contribution in [0, 0.1) is 5.82 Å². The van der Waals surface area contributed by atoms with Crippen molar-refractivity contribution in [2.24, 2.45) is 0 Å². The fourth-order valence-electron chi connectivity index (χ4n) is 4.87. The van der Waals surface area contributed by atoms with Crippen molar-refractivity contribution < 1.29 is 22.3 Å². The number of benzene rings is 2. The SMILES string of the molecule is CC(C)(Oc1ccc(F)cc1Cl)C(=O)NC1C[C@H]2CC[C@@H](C1)N2c1ccc(NS(C)(=O)=O)cc1. The summed E-state index contributed by atoms with van der Waals surface area (Å²) < 4.78 is 44.5. The van der Waals surface area contributed by atoms with E-state index in [1.165, 1.54) is 12.1 Å². The number of sulfonamides is 1. The quantitative estimate of drug-likeness (QED) is 0.580. The summed E-state index contributed by atoms with van der Waals surface area (Å²) in [6, 6.07) is 11.8. The van der Waals surface area contributed by atoms with Crippen LogP contribution in [-0.4, -0.2) is 44.3 Å². The first-order valence-electron chi connectivity index (χ1n) is 11.2. The summed E-state index contributed by atoms with van der Waals surface area (Å²) in [6.07, 6.45) is 4.80. The summed E-state index contributed by atoms with van der Waals surface area (Å²) >= 11 is 6.06. The van der Waals surface area contributed by atoms with E-state index < -0.39 is 21.4 Å². The molecule has 1 amide bonds. The lowest BCUT2D eigenvalue weighted by molar-refractivity contribution is -0.135. The van der Waals surface area contributed by atoms with Gasteiger partial charge in [0.2, 0.25) is 10.0 Å². The first-order valence-corrected chi connectivity index (χ1v) is 13.5. The van der Waals surface area contributed by atoms with Gasteiger partial charge in [0.15, 0.2) is 5.60 Å². The van der Waals surface area contributed by atoms with E-state index in [0.717, 1.165) is 43.7 Å². The Morgan fingerprint density at radius 3 is 2.29 bits per heavy atom. The molecular weight excluding hydrogens is 481 g/mol. The average Bonchev–Trinajstić information content (AvgIpc) is 3.00. The molecule has 2 fully saturated rings. The van der Waals surface area contributed by atoms with Crippen LogP contribution >= 0.6 is 11.6 Å². The number of piperidine rings is 1. The van der Waals surface area contributed by atoms with E-state index in [-0.39, 0.29) is 34.8 Å². The number of halogens is 2. The number of hydrogen-bond donors (Lipinski definition) is 2. The molecule has 10 heteroatoms. The topological polar surface area (TPSA) is 87.7 Å². The minimum Gasteiger partial charge on any atom is -0.476 e. The molecule has 2 saturated heterocycles. The van der Waals surface area contributed by atoms with Gasteiger partial charge in [0.25, 0.3) is 5.91 Å². The molecule has 2 aliphatic heterocycles. The van der Waals surface area contributed by atoms with Crippen LogP contribution in [0.15, 0.2) is 42.5 Å². The molecule has 2 heterocycles. The summed E-state index contributed by atoms with van der Waals surface area (Å²) in [6.45, 7) is 3.33. The van der Waals surface area contributed by atoms with Crippen LogP contribution in [0.2, 0.25) is 5.02 Å². The Morgan fingerprint density at radius 2 is 1.74 bits per heavy atom. The van der Waals surface area contributed by atoms with E-state index in [1.54, 1.807) is 26.0 Å². The van der Waals surface area contributed by atoms with Crippen LogP contribution in [-0.2, 0) is 14.8 Å². The van der Waals surface area contributed by atoms with Crippen molar-refractivity contribution in [1.29, 1.82) is 0 Å². The highest BCUT2D eigenvalue weighted by atomic mass is 35.5. The maximum atomic E-state index is 13.3. The molecule has 1 unspecified atom stereocenters. The van der Waals surface area contributed by atoms with Gasteiger partial charge in [-0.3, -0.25) is 9.52 Å². The van der Waals surface area contributed by atoms with E-state index in [1.807, 2.05) is 12.1 Å². The van der Waals surface area contributed by atoms with E-state index in [0.29, 0.717) is 5.69 Å². The molecule has 2 aromatic carbocycles. The summed E-state index contributed by atoms with van der Waals surface area (Å²) in [5.74, 6) is -0.461. The number of hydrogen-bond acceptors (Lipinski definition) is 5. The van der Waals surface area contributed by atoms with Gasteiger partial charge in [0.1, 0.15) is 11.6 Å². The molecule has 3 atom stereocenters. The molecular formula is C24H29ClFN3O4S. The number of ether oxygens (including phenoxy) is 1. The second-order valence-electron chi connectivity index (χ2n) is 9.54. The van der Waals surface area contributed by atoms with Gasteiger partial charge in [-0.25, -0.2) is 12.8 Å². The minimum atomic E-state index is -3.32. The molecule has 34 heavy (non-hydrogen) atoms. The molecule has 2 bridgehead atoms. The maximum absolute atomic E-state index is 13.3. The first kappa shape index (κ1) is 24.6. The summed E-state index contributed by atoms with van der Waals surface area (Å²) in [7, 11) is -3.32. The van der Waals surface area contributed by atoms with Crippen molar-refractivity contribution in [3.8, 4) is 5.75 Å². The fraction of sp³-hybridized carbons (Fsp3) is 0.458. The third-order valence-electron chi connectivity index (χ3n) is 6.34.